The second kappa shape index (κ2) is 8.92. The quantitative estimate of drug-likeness (QED) is 0.281. The van der Waals surface area contributed by atoms with Crippen molar-refractivity contribution in [3.63, 3.8) is 0 Å². The zero-order chi connectivity index (χ0) is 28.9. The highest BCUT2D eigenvalue weighted by atomic mass is 16.3. The van der Waals surface area contributed by atoms with Gasteiger partial charge in [-0.05, 0) is 69.1 Å². The normalized spacial score (nSPS) is 44.8. The lowest BCUT2D eigenvalue weighted by Gasteiger charge is -2.65. The lowest BCUT2D eigenvalue weighted by Crippen LogP contribution is -2.67. The molecule has 4 rings (SSSR count). The van der Waals surface area contributed by atoms with Crippen LogP contribution in [0.15, 0.2) is 11.6 Å². The van der Waals surface area contributed by atoms with Gasteiger partial charge in [0, 0.05) is 24.2 Å². The van der Waals surface area contributed by atoms with Crippen LogP contribution in [0.25, 0.3) is 0 Å². The molecule has 4 aliphatic rings. The third-order valence-corrected chi connectivity index (χ3v) is 11.9. The lowest BCUT2D eigenvalue weighted by molar-refractivity contribution is -0.193. The minimum Gasteiger partial charge on any atom is -0.395 e. The van der Waals surface area contributed by atoms with E-state index in [0.29, 0.717) is 19.3 Å². The Labute approximate surface area is 226 Å². The van der Waals surface area contributed by atoms with Gasteiger partial charge in [-0.3, -0.25) is 9.59 Å². The van der Waals surface area contributed by atoms with Crippen LogP contribution in [0.1, 0.15) is 87.0 Å². The van der Waals surface area contributed by atoms with Gasteiger partial charge in [0.25, 0.3) is 0 Å². The van der Waals surface area contributed by atoms with Crippen molar-refractivity contribution in [2.45, 2.75) is 117 Å². The van der Waals surface area contributed by atoms with Crippen LogP contribution < -0.4 is 0 Å². The predicted molar refractivity (Wildman–Crippen MR) is 141 cm³/mol. The number of allylic oxidation sites excluding steroid dienone is 1. The highest BCUT2D eigenvalue weighted by molar-refractivity contribution is 5.90. The van der Waals surface area contributed by atoms with E-state index in [1.165, 1.54) is 20.8 Å². The van der Waals surface area contributed by atoms with Crippen molar-refractivity contribution in [2.75, 3.05) is 6.61 Å². The maximum atomic E-state index is 14.3. The van der Waals surface area contributed by atoms with Crippen LogP contribution in [-0.2, 0) is 9.59 Å². The van der Waals surface area contributed by atoms with Gasteiger partial charge in [-0.1, -0.05) is 39.3 Å². The van der Waals surface area contributed by atoms with Crippen LogP contribution in [0.5, 0.6) is 0 Å². The van der Waals surface area contributed by atoms with Crippen molar-refractivity contribution in [3.8, 4) is 0 Å². The summed E-state index contributed by atoms with van der Waals surface area (Å²) in [6, 6.07) is 0. The molecule has 3 fully saturated rings. The molecular formula is C30H48O8. The van der Waals surface area contributed by atoms with Gasteiger partial charge in [0.1, 0.15) is 11.4 Å². The Morgan fingerprint density at radius 2 is 1.68 bits per heavy atom. The molecule has 0 aromatic rings. The second-order valence-corrected chi connectivity index (χ2v) is 14.6. The number of hydrogen-bond acceptors (Lipinski definition) is 8. The maximum Gasteiger partial charge on any atom is 0.167 e. The standard InChI is InChI=1S/C30H48O8/c1-25(2)16-8-10-19-27(5)13-18(32)24(29(7,38)22(35)12-21(34)26(3,4)37)28(27,6)14-23(36)30(19,15-31)17(16)9-11-20(25)33/h8,17-21,24,31-34,37-38H,9-15H2,1-7H3/t17-,18-,19+,20+,21+,24+,27+,28-,29+,30+/m1/s1. The number of aliphatic hydroxyl groups is 6. The predicted octanol–water partition coefficient (Wildman–Crippen LogP) is 1.92. The lowest BCUT2D eigenvalue weighted by atomic mass is 9.38. The van der Waals surface area contributed by atoms with Crippen molar-refractivity contribution in [1.29, 1.82) is 0 Å². The molecule has 0 radical (unpaired) electrons. The monoisotopic (exact) mass is 536 g/mol. The molecule has 3 saturated carbocycles. The van der Waals surface area contributed by atoms with E-state index in [4.69, 9.17) is 0 Å². The highest BCUT2D eigenvalue weighted by Gasteiger charge is 2.75. The number of carbonyl (C=O) groups is 2. The molecule has 0 aromatic heterocycles. The average molecular weight is 537 g/mol. The van der Waals surface area contributed by atoms with Crippen LogP contribution in [0, 0.1) is 39.4 Å². The molecule has 6 N–H and O–H groups in total. The fraction of sp³-hybridized carbons (Fsp3) is 0.867. The zero-order valence-electron chi connectivity index (χ0n) is 24.0. The maximum absolute atomic E-state index is 14.3. The Morgan fingerprint density at radius 1 is 1.08 bits per heavy atom. The van der Waals surface area contributed by atoms with Gasteiger partial charge < -0.3 is 30.6 Å². The number of hydrogen-bond donors (Lipinski definition) is 6. The number of ketones is 2. The first-order valence-corrected chi connectivity index (χ1v) is 14.1. The Bertz CT molecular complexity index is 1020. The largest absolute Gasteiger partial charge is 0.395 e. The fourth-order valence-corrected chi connectivity index (χ4v) is 9.36. The zero-order valence-corrected chi connectivity index (χ0v) is 24.0. The summed E-state index contributed by atoms with van der Waals surface area (Å²) in [4.78, 5) is 27.7. The first kappa shape index (κ1) is 29.8. The van der Waals surface area contributed by atoms with E-state index in [1.54, 1.807) is 0 Å². The van der Waals surface area contributed by atoms with Crippen molar-refractivity contribution < 1.29 is 40.2 Å². The average Bonchev–Trinajstić information content (AvgIpc) is 3.00. The van der Waals surface area contributed by atoms with E-state index < -0.39 is 69.3 Å². The summed E-state index contributed by atoms with van der Waals surface area (Å²) in [7, 11) is 0. The smallest absolute Gasteiger partial charge is 0.167 e. The van der Waals surface area contributed by atoms with Crippen molar-refractivity contribution in [3.05, 3.63) is 11.6 Å². The van der Waals surface area contributed by atoms with E-state index in [0.717, 1.165) is 5.57 Å². The van der Waals surface area contributed by atoms with Crippen LogP contribution in [0.3, 0.4) is 0 Å². The summed E-state index contributed by atoms with van der Waals surface area (Å²) >= 11 is 0. The summed E-state index contributed by atoms with van der Waals surface area (Å²) in [5, 5.41) is 65.4. The molecule has 0 spiro atoms. The van der Waals surface area contributed by atoms with E-state index in [1.807, 2.05) is 27.7 Å². The van der Waals surface area contributed by atoms with E-state index in [9.17, 15) is 40.2 Å². The molecule has 10 atom stereocenters. The molecule has 0 aromatic carbocycles. The van der Waals surface area contributed by atoms with Gasteiger partial charge in [-0.15, -0.1) is 0 Å². The number of carbonyl (C=O) groups excluding carboxylic acids is 2. The van der Waals surface area contributed by atoms with Crippen LogP contribution in [0.4, 0.5) is 0 Å². The van der Waals surface area contributed by atoms with Gasteiger partial charge in [-0.2, -0.15) is 0 Å². The van der Waals surface area contributed by atoms with Crippen LogP contribution in [0.2, 0.25) is 0 Å². The van der Waals surface area contributed by atoms with Gasteiger partial charge in [0.05, 0.1) is 35.9 Å². The first-order valence-electron chi connectivity index (χ1n) is 14.1. The molecule has 0 aliphatic heterocycles. The second-order valence-electron chi connectivity index (χ2n) is 14.6. The summed E-state index contributed by atoms with van der Waals surface area (Å²) in [5.41, 5.74) is -5.81. The van der Waals surface area contributed by atoms with Gasteiger partial charge in [0.15, 0.2) is 5.78 Å². The molecule has 4 aliphatic carbocycles. The molecule has 0 saturated heterocycles. The van der Waals surface area contributed by atoms with Crippen LogP contribution >= 0.6 is 0 Å². The molecule has 0 bridgehead atoms. The molecule has 8 nitrogen and oxygen atoms in total. The van der Waals surface area contributed by atoms with E-state index in [2.05, 4.69) is 6.08 Å². The minimum absolute atomic E-state index is 0.00742. The van der Waals surface area contributed by atoms with Gasteiger partial charge in [0.2, 0.25) is 0 Å². The molecule has 8 heteroatoms. The third kappa shape index (κ3) is 3.77. The third-order valence-electron chi connectivity index (χ3n) is 11.9. The Morgan fingerprint density at radius 3 is 2.24 bits per heavy atom. The highest BCUT2D eigenvalue weighted by Crippen LogP contribution is 2.74. The molecule has 0 heterocycles. The molecule has 38 heavy (non-hydrogen) atoms. The molecular weight excluding hydrogens is 488 g/mol. The summed E-state index contributed by atoms with van der Waals surface area (Å²) in [6.45, 7) is 11.6. The first-order chi connectivity index (χ1) is 17.2. The fourth-order valence-electron chi connectivity index (χ4n) is 9.36. The van der Waals surface area contributed by atoms with Crippen molar-refractivity contribution >= 4 is 11.6 Å². The summed E-state index contributed by atoms with van der Waals surface area (Å²) in [6.07, 6.45) is 0.476. The topological polar surface area (TPSA) is 156 Å². The summed E-state index contributed by atoms with van der Waals surface area (Å²) < 4.78 is 0. The minimum atomic E-state index is -2.05. The Hall–Kier alpha value is -1.16. The Balaban J connectivity index is 1.78. The number of fused-ring (bicyclic) bond motifs is 5. The molecule has 216 valence electrons. The van der Waals surface area contributed by atoms with E-state index >= 15 is 0 Å². The number of rotatable bonds is 6. The van der Waals surface area contributed by atoms with Gasteiger partial charge in [-0.25, -0.2) is 0 Å². The molecule has 0 amide bonds. The Kier molecular flexibility index (Phi) is 7.00. The number of aliphatic hydroxyl groups excluding tert-OH is 4. The van der Waals surface area contributed by atoms with Crippen LogP contribution in [-0.4, -0.2) is 78.3 Å². The van der Waals surface area contributed by atoms with E-state index in [-0.39, 0.29) is 37.1 Å². The van der Waals surface area contributed by atoms with Gasteiger partial charge >= 0.3 is 0 Å². The SMILES string of the molecule is CC(C)(O)[C@@H](O)CC(=O)[C@](C)(O)[C@H]1[C@H](O)C[C@@]2(C)[C@@H]3CC=C4[C@@H](CC[C@H](O)C4(C)C)[C@]3(CO)C(=O)C[C@]12C. The van der Waals surface area contributed by atoms with Crippen molar-refractivity contribution in [2.24, 2.45) is 39.4 Å². The van der Waals surface area contributed by atoms with Crippen molar-refractivity contribution in [1.82, 2.24) is 0 Å². The summed E-state index contributed by atoms with van der Waals surface area (Å²) in [5.74, 6) is -2.33. The number of Topliss-reactive ketones (excluding diaryl/α,β-unsaturated/α-hetero) is 2. The molecule has 0 unspecified atom stereocenters.